The summed E-state index contributed by atoms with van der Waals surface area (Å²) in [6.45, 7) is 2.52. The van der Waals surface area contributed by atoms with Gasteiger partial charge in [-0.05, 0) is 47.9 Å². The zero-order valence-corrected chi connectivity index (χ0v) is 18.2. The Morgan fingerprint density at radius 1 is 1.03 bits per heavy atom. The first kappa shape index (κ1) is 21.5. The molecule has 0 saturated heterocycles. The summed E-state index contributed by atoms with van der Waals surface area (Å²) >= 11 is 1.26. The van der Waals surface area contributed by atoms with Gasteiger partial charge in [0.1, 0.15) is 23.2 Å². The number of amides is 1. The average Bonchev–Trinajstić information content (AvgIpc) is 3.19. The molecule has 5 nitrogen and oxygen atoms in total. The van der Waals surface area contributed by atoms with E-state index < -0.39 is 0 Å². The smallest absolute Gasteiger partial charge is 0.261 e. The summed E-state index contributed by atoms with van der Waals surface area (Å²) in [5, 5.41) is 3.58. The van der Waals surface area contributed by atoms with E-state index in [1.807, 2.05) is 43.3 Å². The van der Waals surface area contributed by atoms with Gasteiger partial charge in [0, 0.05) is 18.8 Å². The minimum Gasteiger partial charge on any atom is -0.489 e. The van der Waals surface area contributed by atoms with Crippen molar-refractivity contribution in [2.24, 2.45) is 0 Å². The lowest BCUT2D eigenvalue weighted by atomic mass is 10.2. The van der Waals surface area contributed by atoms with Crippen molar-refractivity contribution in [2.45, 2.75) is 20.1 Å². The maximum atomic E-state index is 13.0. The molecule has 0 fully saturated rings. The summed E-state index contributed by atoms with van der Waals surface area (Å²) in [7, 11) is 0. The van der Waals surface area contributed by atoms with Crippen LogP contribution in [0, 0.1) is 12.7 Å². The molecular formula is C25H21FN2O3S. The number of rotatable bonds is 7. The summed E-state index contributed by atoms with van der Waals surface area (Å²) in [4.78, 5) is 25.8. The molecule has 162 valence electrons. The van der Waals surface area contributed by atoms with E-state index in [1.54, 1.807) is 24.4 Å². The lowest BCUT2D eigenvalue weighted by Gasteiger charge is -2.08. The maximum absolute atomic E-state index is 13.0. The van der Waals surface area contributed by atoms with Crippen LogP contribution in [-0.2, 0) is 13.2 Å². The molecule has 1 amide bonds. The third-order valence-electron chi connectivity index (χ3n) is 4.85. The first-order valence-electron chi connectivity index (χ1n) is 10.0. The summed E-state index contributed by atoms with van der Waals surface area (Å²) in [5.74, 6) is -0.0599. The third kappa shape index (κ3) is 5.12. The van der Waals surface area contributed by atoms with Crippen LogP contribution in [0.1, 0.15) is 26.4 Å². The number of nitrogens with one attached hydrogen (secondary N) is 1. The Kier molecular flexibility index (Phi) is 6.47. The molecule has 0 spiro atoms. The van der Waals surface area contributed by atoms with Crippen molar-refractivity contribution >= 4 is 17.2 Å². The predicted molar refractivity (Wildman–Crippen MR) is 123 cm³/mol. The van der Waals surface area contributed by atoms with Crippen LogP contribution in [0.3, 0.4) is 0 Å². The topological polar surface area (TPSA) is 60.3 Å². The van der Waals surface area contributed by atoms with Crippen LogP contribution in [-0.4, -0.2) is 10.5 Å². The van der Waals surface area contributed by atoms with Gasteiger partial charge in [0.15, 0.2) is 0 Å². The molecule has 0 aliphatic heterocycles. The second kappa shape index (κ2) is 9.62. The fourth-order valence-electron chi connectivity index (χ4n) is 3.15. The monoisotopic (exact) mass is 448 g/mol. The lowest BCUT2D eigenvalue weighted by Crippen LogP contribution is -2.22. The molecule has 0 aliphatic carbocycles. The molecule has 4 rings (SSSR count). The van der Waals surface area contributed by atoms with Crippen LogP contribution < -0.4 is 15.6 Å². The summed E-state index contributed by atoms with van der Waals surface area (Å²) in [6, 6.07) is 20.6. The van der Waals surface area contributed by atoms with Gasteiger partial charge in [-0.15, -0.1) is 11.3 Å². The van der Waals surface area contributed by atoms with Crippen LogP contribution >= 0.6 is 11.3 Å². The molecule has 2 heterocycles. The number of ether oxygens (including phenoxy) is 1. The SMILES string of the molecule is Cc1cc(-n2ccc(OCc3ccc(F)cc3)cc2=O)sc1C(=O)NCc1ccccc1. The van der Waals surface area contributed by atoms with Crippen molar-refractivity contribution in [1.82, 2.24) is 9.88 Å². The fourth-order valence-corrected chi connectivity index (χ4v) is 4.23. The quantitative estimate of drug-likeness (QED) is 0.439. The number of halogens is 1. The van der Waals surface area contributed by atoms with Crippen molar-refractivity contribution in [1.29, 1.82) is 0 Å². The van der Waals surface area contributed by atoms with Gasteiger partial charge in [-0.3, -0.25) is 14.2 Å². The first-order valence-corrected chi connectivity index (χ1v) is 10.8. The van der Waals surface area contributed by atoms with E-state index >= 15 is 0 Å². The van der Waals surface area contributed by atoms with E-state index in [-0.39, 0.29) is 23.9 Å². The molecule has 4 aromatic rings. The Hall–Kier alpha value is -3.71. The van der Waals surface area contributed by atoms with Crippen molar-refractivity contribution in [3.8, 4) is 10.8 Å². The van der Waals surface area contributed by atoms with Crippen LogP contribution in [0.15, 0.2) is 83.8 Å². The molecule has 32 heavy (non-hydrogen) atoms. The highest BCUT2D eigenvalue weighted by Crippen LogP contribution is 2.25. The third-order valence-corrected chi connectivity index (χ3v) is 6.09. The van der Waals surface area contributed by atoms with Gasteiger partial charge in [-0.25, -0.2) is 4.39 Å². The van der Waals surface area contributed by atoms with Gasteiger partial charge < -0.3 is 10.1 Å². The molecule has 0 radical (unpaired) electrons. The summed E-state index contributed by atoms with van der Waals surface area (Å²) < 4.78 is 20.1. The van der Waals surface area contributed by atoms with Crippen molar-refractivity contribution < 1.29 is 13.9 Å². The molecular weight excluding hydrogens is 427 g/mol. The standard InChI is InChI=1S/C25H21FN2O3S/c1-17-13-23(32-24(17)25(30)27-15-18-5-3-2-4-6-18)28-12-11-21(14-22(28)29)31-16-19-7-9-20(26)10-8-19/h2-14H,15-16H2,1H3,(H,27,30). The van der Waals surface area contributed by atoms with Gasteiger partial charge in [0.05, 0.1) is 4.88 Å². The van der Waals surface area contributed by atoms with Gasteiger partial charge >= 0.3 is 0 Å². The number of pyridine rings is 1. The number of thiophene rings is 1. The number of aryl methyl sites for hydroxylation is 1. The molecule has 2 aromatic heterocycles. The van der Waals surface area contributed by atoms with Crippen molar-refractivity contribution in [3.63, 3.8) is 0 Å². The Labute approximate surface area is 188 Å². The molecule has 0 atom stereocenters. The van der Waals surface area contributed by atoms with Gasteiger partial charge in [0.2, 0.25) is 0 Å². The molecule has 0 unspecified atom stereocenters. The molecule has 0 aliphatic rings. The van der Waals surface area contributed by atoms with Gasteiger partial charge in [0.25, 0.3) is 11.5 Å². The molecule has 0 bridgehead atoms. The predicted octanol–water partition coefficient (Wildman–Crippen LogP) is 4.86. The highest BCUT2D eigenvalue weighted by molar-refractivity contribution is 7.16. The number of nitrogens with zero attached hydrogens (tertiary/aromatic N) is 1. The fraction of sp³-hybridized carbons (Fsp3) is 0.120. The zero-order valence-electron chi connectivity index (χ0n) is 17.4. The van der Waals surface area contributed by atoms with Crippen LogP contribution in [0.2, 0.25) is 0 Å². The van der Waals surface area contributed by atoms with Crippen LogP contribution in [0.5, 0.6) is 5.75 Å². The summed E-state index contributed by atoms with van der Waals surface area (Å²) in [5.41, 5.74) is 2.36. The van der Waals surface area contributed by atoms with Crippen molar-refractivity contribution in [2.75, 3.05) is 0 Å². The zero-order chi connectivity index (χ0) is 22.5. The van der Waals surface area contributed by atoms with E-state index in [1.165, 1.54) is 34.1 Å². The van der Waals surface area contributed by atoms with Gasteiger partial charge in [-0.1, -0.05) is 42.5 Å². The lowest BCUT2D eigenvalue weighted by molar-refractivity contribution is 0.0954. The number of carbonyl (C=O) groups is 1. The van der Waals surface area contributed by atoms with E-state index in [0.717, 1.165) is 16.7 Å². The second-order valence-electron chi connectivity index (χ2n) is 7.25. The van der Waals surface area contributed by atoms with Crippen molar-refractivity contribution in [3.05, 3.63) is 117 Å². The summed E-state index contributed by atoms with van der Waals surface area (Å²) in [6.07, 6.45) is 1.62. The van der Waals surface area contributed by atoms with Gasteiger partial charge in [-0.2, -0.15) is 0 Å². The van der Waals surface area contributed by atoms with E-state index in [4.69, 9.17) is 4.74 Å². The number of aromatic nitrogens is 1. The molecule has 0 saturated carbocycles. The minimum atomic E-state index is -0.310. The van der Waals surface area contributed by atoms with E-state index in [2.05, 4.69) is 5.32 Å². The minimum absolute atomic E-state index is 0.171. The molecule has 7 heteroatoms. The van der Waals surface area contributed by atoms with Crippen LogP contribution in [0.25, 0.3) is 5.00 Å². The Morgan fingerprint density at radius 2 is 1.78 bits per heavy atom. The highest BCUT2D eigenvalue weighted by atomic mass is 32.1. The second-order valence-corrected chi connectivity index (χ2v) is 8.28. The van der Waals surface area contributed by atoms with Crippen LogP contribution in [0.4, 0.5) is 4.39 Å². The molecule has 1 N–H and O–H groups in total. The first-order chi connectivity index (χ1) is 15.5. The Bertz CT molecular complexity index is 1280. The molecule has 2 aromatic carbocycles. The average molecular weight is 449 g/mol. The Balaban J connectivity index is 1.44. The van der Waals surface area contributed by atoms with E-state index in [9.17, 15) is 14.0 Å². The largest absolute Gasteiger partial charge is 0.489 e. The number of hydrogen-bond donors (Lipinski definition) is 1. The highest BCUT2D eigenvalue weighted by Gasteiger charge is 2.15. The number of hydrogen-bond acceptors (Lipinski definition) is 4. The maximum Gasteiger partial charge on any atom is 0.261 e. The Morgan fingerprint density at radius 3 is 2.50 bits per heavy atom. The number of carbonyl (C=O) groups excluding carboxylic acids is 1. The normalized spacial score (nSPS) is 10.7. The van der Waals surface area contributed by atoms with E-state index in [0.29, 0.717) is 22.2 Å². The number of benzene rings is 2.